The molecule has 5 nitrogen and oxygen atoms in total. The van der Waals surface area contributed by atoms with Crippen molar-refractivity contribution in [3.8, 4) is 0 Å². The molecule has 6 heteroatoms. The van der Waals surface area contributed by atoms with E-state index in [0.717, 1.165) is 18.5 Å². The van der Waals surface area contributed by atoms with E-state index in [1.54, 1.807) is 12.3 Å². The van der Waals surface area contributed by atoms with Crippen LogP contribution in [0, 0.1) is 5.92 Å². The maximum atomic E-state index is 12.2. The second-order valence-corrected chi connectivity index (χ2v) is 7.97. The summed E-state index contributed by atoms with van der Waals surface area (Å²) >= 11 is 0. The molecule has 1 fully saturated rings. The fourth-order valence-corrected chi connectivity index (χ4v) is 3.49. The molecule has 0 saturated heterocycles. The van der Waals surface area contributed by atoms with E-state index in [4.69, 9.17) is 0 Å². The number of sulfonamides is 1. The Hall–Kier alpha value is -0.980. The Balaban J connectivity index is 1.95. The molecule has 1 aliphatic rings. The standard InChI is InChI=1S/C15H25N3O2S/c1-11(2)8-12(3)18-21(19,20)15-7-4-13(10-17-15)9-16-14-5-6-14/h4,7,10-12,14,16,18H,5-6,8-9H2,1-3H3. The first-order valence-corrected chi connectivity index (χ1v) is 9.06. The van der Waals surface area contributed by atoms with Crippen LogP contribution in [0.25, 0.3) is 0 Å². The molecule has 0 aromatic carbocycles. The zero-order valence-electron chi connectivity index (χ0n) is 13.0. The van der Waals surface area contributed by atoms with Crippen LogP contribution in [-0.2, 0) is 16.6 Å². The number of nitrogens with zero attached hydrogens (tertiary/aromatic N) is 1. The van der Waals surface area contributed by atoms with Crippen LogP contribution in [0.1, 0.15) is 45.6 Å². The van der Waals surface area contributed by atoms with Gasteiger partial charge in [0.25, 0.3) is 10.0 Å². The highest BCUT2D eigenvalue weighted by Gasteiger charge is 2.21. The molecule has 1 aromatic rings. The molecule has 1 atom stereocenters. The maximum Gasteiger partial charge on any atom is 0.258 e. The van der Waals surface area contributed by atoms with Crippen LogP contribution in [-0.4, -0.2) is 25.5 Å². The molecule has 1 aromatic heterocycles. The largest absolute Gasteiger partial charge is 0.310 e. The minimum Gasteiger partial charge on any atom is -0.310 e. The van der Waals surface area contributed by atoms with Gasteiger partial charge in [-0.15, -0.1) is 0 Å². The first kappa shape index (κ1) is 16.4. The summed E-state index contributed by atoms with van der Waals surface area (Å²) in [5, 5.41) is 3.47. The maximum absolute atomic E-state index is 12.2. The fraction of sp³-hybridized carbons (Fsp3) is 0.667. The van der Waals surface area contributed by atoms with E-state index in [-0.39, 0.29) is 11.1 Å². The van der Waals surface area contributed by atoms with Gasteiger partial charge in [-0.25, -0.2) is 18.1 Å². The van der Waals surface area contributed by atoms with Crippen molar-refractivity contribution in [2.24, 2.45) is 5.92 Å². The lowest BCUT2D eigenvalue weighted by Gasteiger charge is -2.15. The molecule has 1 heterocycles. The highest BCUT2D eigenvalue weighted by molar-refractivity contribution is 7.89. The lowest BCUT2D eigenvalue weighted by atomic mass is 10.1. The van der Waals surface area contributed by atoms with Crippen LogP contribution in [0.4, 0.5) is 0 Å². The predicted octanol–water partition coefficient (Wildman–Crippen LogP) is 2.05. The van der Waals surface area contributed by atoms with Crippen LogP contribution >= 0.6 is 0 Å². The van der Waals surface area contributed by atoms with E-state index in [2.05, 4.69) is 28.9 Å². The topological polar surface area (TPSA) is 71.1 Å². The second-order valence-electron chi connectivity index (χ2n) is 6.31. The summed E-state index contributed by atoms with van der Waals surface area (Å²) in [5.41, 5.74) is 1.01. The predicted molar refractivity (Wildman–Crippen MR) is 83.3 cm³/mol. The Kier molecular flexibility index (Phi) is 5.35. The lowest BCUT2D eigenvalue weighted by molar-refractivity contribution is 0.481. The van der Waals surface area contributed by atoms with Crippen LogP contribution in [0.15, 0.2) is 23.4 Å². The van der Waals surface area contributed by atoms with E-state index >= 15 is 0 Å². The molecule has 2 rings (SSSR count). The Morgan fingerprint density at radius 3 is 2.52 bits per heavy atom. The molecular formula is C15H25N3O2S. The van der Waals surface area contributed by atoms with Crippen molar-refractivity contribution in [2.75, 3.05) is 0 Å². The second kappa shape index (κ2) is 6.85. The van der Waals surface area contributed by atoms with Crippen molar-refractivity contribution >= 4 is 10.0 Å². The summed E-state index contributed by atoms with van der Waals surface area (Å²) in [4.78, 5) is 4.09. The number of hydrogen-bond donors (Lipinski definition) is 2. The van der Waals surface area contributed by atoms with Gasteiger partial charge in [-0.05, 0) is 43.7 Å². The zero-order chi connectivity index (χ0) is 15.5. The molecule has 2 N–H and O–H groups in total. The molecule has 0 bridgehead atoms. The van der Waals surface area contributed by atoms with Crippen molar-refractivity contribution in [1.82, 2.24) is 15.0 Å². The molecule has 21 heavy (non-hydrogen) atoms. The molecule has 118 valence electrons. The Morgan fingerprint density at radius 2 is 2.00 bits per heavy atom. The normalized spacial score (nSPS) is 17.1. The fourth-order valence-electron chi connectivity index (χ4n) is 2.30. The van der Waals surface area contributed by atoms with Crippen LogP contribution in [0.2, 0.25) is 0 Å². The van der Waals surface area contributed by atoms with Gasteiger partial charge in [0.15, 0.2) is 5.03 Å². The van der Waals surface area contributed by atoms with Crippen molar-refractivity contribution in [3.05, 3.63) is 23.9 Å². The molecular weight excluding hydrogens is 286 g/mol. The first-order valence-electron chi connectivity index (χ1n) is 7.57. The minimum atomic E-state index is -3.52. The van der Waals surface area contributed by atoms with Crippen molar-refractivity contribution < 1.29 is 8.42 Å². The van der Waals surface area contributed by atoms with Crippen LogP contribution < -0.4 is 10.0 Å². The number of pyridine rings is 1. The van der Waals surface area contributed by atoms with Crippen LogP contribution in [0.5, 0.6) is 0 Å². The van der Waals surface area contributed by atoms with Gasteiger partial charge in [0.1, 0.15) is 0 Å². The van der Waals surface area contributed by atoms with Gasteiger partial charge in [-0.2, -0.15) is 0 Å². The average Bonchev–Trinajstić information content (AvgIpc) is 3.19. The third-order valence-electron chi connectivity index (χ3n) is 3.43. The Bertz CT molecular complexity index is 551. The van der Waals surface area contributed by atoms with Gasteiger partial charge in [0.2, 0.25) is 0 Å². The molecule has 1 aliphatic carbocycles. The summed E-state index contributed by atoms with van der Waals surface area (Å²) in [6, 6.07) is 3.94. The Labute approximate surface area is 127 Å². The number of hydrogen-bond acceptors (Lipinski definition) is 4. The number of aromatic nitrogens is 1. The number of rotatable bonds is 8. The van der Waals surface area contributed by atoms with Crippen LogP contribution in [0.3, 0.4) is 0 Å². The van der Waals surface area contributed by atoms with E-state index in [1.165, 1.54) is 12.8 Å². The number of nitrogens with one attached hydrogen (secondary N) is 2. The summed E-state index contributed by atoms with van der Waals surface area (Å²) in [6.07, 6.45) is 4.91. The highest BCUT2D eigenvalue weighted by Crippen LogP contribution is 2.19. The van der Waals surface area contributed by atoms with Gasteiger partial charge < -0.3 is 5.32 Å². The molecule has 1 saturated carbocycles. The monoisotopic (exact) mass is 311 g/mol. The third-order valence-corrected chi connectivity index (χ3v) is 4.93. The van der Waals surface area contributed by atoms with Gasteiger partial charge in [-0.3, -0.25) is 0 Å². The van der Waals surface area contributed by atoms with E-state index < -0.39 is 10.0 Å². The minimum absolute atomic E-state index is 0.0898. The van der Waals surface area contributed by atoms with E-state index in [1.807, 2.05) is 13.0 Å². The SMILES string of the molecule is CC(C)CC(C)NS(=O)(=O)c1ccc(CNC2CC2)cn1. The average molecular weight is 311 g/mol. The van der Waals surface area contributed by atoms with Gasteiger partial charge >= 0.3 is 0 Å². The lowest BCUT2D eigenvalue weighted by Crippen LogP contribution is -2.34. The molecule has 1 unspecified atom stereocenters. The first-order chi connectivity index (χ1) is 9.87. The summed E-state index contributed by atoms with van der Waals surface area (Å²) in [5.74, 6) is 0.450. The van der Waals surface area contributed by atoms with Gasteiger partial charge in [0, 0.05) is 24.8 Å². The summed E-state index contributed by atoms with van der Waals surface area (Å²) in [6.45, 7) is 6.77. The molecule has 0 aliphatic heterocycles. The highest BCUT2D eigenvalue weighted by atomic mass is 32.2. The third kappa shape index (κ3) is 5.37. The zero-order valence-corrected chi connectivity index (χ0v) is 13.8. The van der Waals surface area contributed by atoms with Gasteiger partial charge in [0.05, 0.1) is 0 Å². The van der Waals surface area contributed by atoms with E-state index in [9.17, 15) is 8.42 Å². The quantitative estimate of drug-likeness (QED) is 0.771. The molecule has 0 spiro atoms. The van der Waals surface area contributed by atoms with Gasteiger partial charge in [-0.1, -0.05) is 19.9 Å². The van der Waals surface area contributed by atoms with Crippen molar-refractivity contribution in [2.45, 2.75) is 63.7 Å². The van der Waals surface area contributed by atoms with Crippen molar-refractivity contribution in [3.63, 3.8) is 0 Å². The van der Waals surface area contributed by atoms with E-state index in [0.29, 0.717) is 12.0 Å². The van der Waals surface area contributed by atoms with Crippen molar-refractivity contribution in [1.29, 1.82) is 0 Å². The molecule has 0 amide bonds. The summed E-state index contributed by atoms with van der Waals surface area (Å²) < 4.78 is 27.1. The smallest absolute Gasteiger partial charge is 0.258 e. The summed E-state index contributed by atoms with van der Waals surface area (Å²) in [7, 11) is -3.52. The Morgan fingerprint density at radius 1 is 1.29 bits per heavy atom. The molecule has 0 radical (unpaired) electrons.